The van der Waals surface area contributed by atoms with E-state index < -0.39 is 10.0 Å². The average molecular weight is 433 g/mol. The minimum Gasteiger partial charge on any atom is -0.454 e. The molecule has 0 N–H and O–H groups in total. The molecule has 9 heteroatoms. The van der Waals surface area contributed by atoms with Crippen molar-refractivity contribution in [2.24, 2.45) is 0 Å². The van der Waals surface area contributed by atoms with E-state index in [4.69, 9.17) is 9.47 Å². The van der Waals surface area contributed by atoms with Gasteiger partial charge >= 0.3 is 0 Å². The Morgan fingerprint density at radius 2 is 1.73 bits per heavy atom. The Balaban J connectivity index is 1.35. The van der Waals surface area contributed by atoms with Crippen molar-refractivity contribution in [3.05, 3.63) is 42.1 Å². The fourth-order valence-corrected chi connectivity index (χ4v) is 5.26. The summed E-state index contributed by atoms with van der Waals surface area (Å²) in [6.07, 6.45) is 1.47. The van der Waals surface area contributed by atoms with E-state index in [1.54, 1.807) is 6.07 Å². The number of hydrogen-bond donors (Lipinski definition) is 0. The lowest BCUT2D eigenvalue weighted by Gasteiger charge is -2.35. The van der Waals surface area contributed by atoms with Gasteiger partial charge in [-0.1, -0.05) is 19.9 Å². The highest BCUT2D eigenvalue weighted by molar-refractivity contribution is 7.89. The van der Waals surface area contributed by atoms with E-state index in [1.165, 1.54) is 16.1 Å². The lowest BCUT2D eigenvalue weighted by atomic mass is 10.1. The molecular weight excluding hydrogens is 404 g/mol. The molecule has 0 unspecified atom stereocenters. The third-order valence-corrected chi connectivity index (χ3v) is 7.64. The first-order chi connectivity index (χ1) is 14.5. The number of aromatic nitrogens is 1. The number of anilines is 1. The zero-order valence-corrected chi connectivity index (χ0v) is 18.3. The van der Waals surface area contributed by atoms with Crippen molar-refractivity contribution >= 4 is 15.8 Å². The number of ether oxygens (including phenoxy) is 2. The number of rotatable bonds is 7. The van der Waals surface area contributed by atoms with Gasteiger partial charge in [-0.2, -0.15) is 4.31 Å². The van der Waals surface area contributed by atoms with Crippen molar-refractivity contribution in [2.45, 2.75) is 25.3 Å². The Morgan fingerprint density at radius 1 is 1.00 bits per heavy atom. The van der Waals surface area contributed by atoms with Gasteiger partial charge in [0.25, 0.3) is 0 Å². The van der Waals surface area contributed by atoms with Crippen molar-refractivity contribution in [2.75, 3.05) is 51.0 Å². The fraction of sp³-hybridized carbons (Fsp3) is 0.476. The van der Waals surface area contributed by atoms with Gasteiger partial charge < -0.3 is 14.4 Å². The molecule has 0 amide bonds. The predicted molar refractivity (Wildman–Crippen MR) is 114 cm³/mol. The van der Waals surface area contributed by atoms with Gasteiger partial charge in [0.1, 0.15) is 10.7 Å². The van der Waals surface area contributed by atoms with Crippen molar-refractivity contribution in [3.63, 3.8) is 0 Å². The number of nitrogens with zero attached hydrogens (tertiary/aromatic N) is 4. The standard InChI is InChI=1S/C21H28N4O4S/c1-3-25(4-2)30(26,27)18-6-8-21(22-14-18)24-11-9-23(10-12-24)15-17-5-7-19-20(13-17)29-16-28-19/h5-8,13-14H,3-4,9-12,15-16H2,1-2H3. The second-order valence-electron chi connectivity index (χ2n) is 7.39. The highest BCUT2D eigenvalue weighted by Crippen LogP contribution is 2.33. The number of sulfonamides is 1. The third kappa shape index (κ3) is 4.23. The van der Waals surface area contributed by atoms with Gasteiger partial charge in [-0.05, 0) is 29.8 Å². The lowest BCUT2D eigenvalue weighted by Crippen LogP contribution is -2.46. The number of pyridine rings is 1. The van der Waals surface area contributed by atoms with E-state index in [0.717, 1.165) is 50.0 Å². The first kappa shape index (κ1) is 20.9. The summed E-state index contributed by atoms with van der Waals surface area (Å²) in [4.78, 5) is 9.28. The minimum absolute atomic E-state index is 0.247. The molecule has 0 radical (unpaired) electrons. The normalized spacial score (nSPS) is 17.0. The zero-order chi connectivity index (χ0) is 21.1. The van der Waals surface area contributed by atoms with Crippen LogP contribution in [0.5, 0.6) is 11.5 Å². The van der Waals surface area contributed by atoms with Crippen LogP contribution in [0.3, 0.4) is 0 Å². The molecule has 162 valence electrons. The quantitative estimate of drug-likeness (QED) is 0.664. The van der Waals surface area contributed by atoms with Gasteiger partial charge in [0.15, 0.2) is 11.5 Å². The van der Waals surface area contributed by atoms with Crippen LogP contribution >= 0.6 is 0 Å². The summed E-state index contributed by atoms with van der Waals surface area (Å²) in [5.41, 5.74) is 1.21. The van der Waals surface area contributed by atoms with E-state index in [-0.39, 0.29) is 4.90 Å². The molecule has 0 atom stereocenters. The second-order valence-corrected chi connectivity index (χ2v) is 9.33. The van der Waals surface area contributed by atoms with Gasteiger partial charge in [-0.25, -0.2) is 13.4 Å². The van der Waals surface area contributed by atoms with E-state index >= 15 is 0 Å². The molecule has 30 heavy (non-hydrogen) atoms. The summed E-state index contributed by atoms with van der Waals surface area (Å²) in [7, 11) is -3.47. The molecule has 2 aliphatic rings. The summed E-state index contributed by atoms with van der Waals surface area (Å²) in [6.45, 7) is 9.25. The third-order valence-electron chi connectivity index (χ3n) is 5.60. The Labute approximate surface area is 178 Å². The first-order valence-corrected chi connectivity index (χ1v) is 11.8. The predicted octanol–water partition coefficient (Wildman–Crippen LogP) is 2.16. The smallest absolute Gasteiger partial charge is 0.244 e. The van der Waals surface area contributed by atoms with Gasteiger partial charge in [0.2, 0.25) is 16.8 Å². The van der Waals surface area contributed by atoms with Crippen LogP contribution in [-0.2, 0) is 16.6 Å². The van der Waals surface area contributed by atoms with Crippen LogP contribution in [-0.4, -0.2) is 68.7 Å². The summed E-state index contributed by atoms with van der Waals surface area (Å²) in [5.74, 6) is 2.44. The molecule has 1 aromatic heterocycles. The molecule has 3 heterocycles. The van der Waals surface area contributed by atoms with Gasteiger partial charge in [0.05, 0.1) is 0 Å². The van der Waals surface area contributed by atoms with Crippen LogP contribution in [0.4, 0.5) is 5.82 Å². The molecule has 0 saturated carbocycles. The molecule has 2 aliphatic heterocycles. The van der Waals surface area contributed by atoms with Crippen molar-refractivity contribution < 1.29 is 17.9 Å². The molecule has 1 saturated heterocycles. The number of fused-ring (bicyclic) bond motifs is 1. The Kier molecular flexibility index (Phi) is 6.12. The zero-order valence-electron chi connectivity index (χ0n) is 17.5. The molecule has 0 aliphatic carbocycles. The maximum Gasteiger partial charge on any atom is 0.244 e. The second kappa shape index (κ2) is 8.79. The maximum atomic E-state index is 12.6. The lowest BCUT2D eigenvalue weighted by molar-refractivity contribution is 0.174. The van der Waals surface area contributed by atoms with E-state index in [2.05, 4.69) is 20.9 Å². The van der Waals surface area contributed by atoms with E-state index in [0.29, 0.717) is 19.9 Å². The largest absolute Gasteiger partial charge is 0.454 e. The molecule has 2 aromatic rings. The van der Waals surface area contributed by atoms with Crippen LogP contribution in [0.1, 0.15) is 19.4 Å². The number of piperazine rings is 1. The van der Waals surface area contributed by atoms with Gasteiger partial charge in [-0.3, -0.25) is 4.90 Å². The van der Waals surface area contributed by atoms with Crippen molar-refractivity contribution in [3.8, 4) is 11.5 Å². The van der Waals surface area contributed by atoms with Crippen LogP contribution < -0.4 is 14.4 Å². The van der Waals surface area contributed by atoms with Crippen LogP contribution in [0.15, 0.2) is 41.4 Å². The fourth-order valence-electron chi connectivity index (χ4n) is 3.86. The van der Waals surface area contributed by atoms with E-state index in [1.807, 2.05) is 32.0 Å². The Morgan fingerprint density at radius 3 is 2.40 bits per heavy atom. The van der Waals surface area contributed by atoms with E-state index in [9.17, 15) is 8.42 Å². The van der Waals surface area contributed by atoms with Gasteiger partial charge in [-0.15, -0.1) is 0 Å². The molecule has 0 bridgehead atoms. The summed E-state index contributed by atoms with van der Waals surface area (Å²) in [5, 5.41) is 0. The van der Waals surface area contributed by atoms with Crippen LogP contribution in [0, 0.1) is 0 Å². The summed E-state index contributed by atoms with van der Waals surface area (Å²) in [6, 6.07) is 9.56. The molecular formula is C21H28N4O4S. The molecule has 1 fully saturated rings. The Bertz CT molecular complexity index is 969. The molecule has 1 aromatic carbocycles. The average Bonchev–Trinajstić information content (AvgIpc) is 3.23. The molecule has 8 nitrogen and oxygen atoms in total. The molecule has 4 rings (SSSR count). The Hall–Kier alpha value is -2.36. The highest BCUT2D eigenvalue weighted by Gasteiger charge is 2.23. The van der Waals surface area contributed by atoms with Crippen molar-refractivity contribution in [1.82, 2.24) is 14.2 Å². The topological polar surface area (TPSA) is 75.2 Å². The summed E-state index contributed by atoms with van der Waals surface area (Å²) >= 11 is 0. The van der Waals surface area contributed by atoms with Crippen LogP contribution in [0.2, 0.25) is 0 Å². The van der Waals surface area contributed by atoms with Crippen LogP contribution in [0.25, 0.3) is 0 Å². The van der Waals surface area contributed by atoms with Crippen molar-refractivity contribution in [1.29, 1.82) is 0 Å². The highest BCUT2D eigenvalue weighted by atomic mass is 32.2. The maximum absolute atomic E-state index is 12.6. The SMILES string of the molecule is CCN(CC)S(=O)(=O)c1ccc(N2CCN(Cc3ccc4c(c3)OCO4)CC2)nc1. The minimum atomic E-state index is -3.47. The monoisotopic (exact) mass is 432 g/mol. The molecule has 0 spiro atoms. The number of benzene rings is 1. The number of hydrogen-bond acceptors (Lipinski definition) is 7. The first-order valence-electron chi connectivity index (χ1n) is 10.3. The van der Waals surface area contributed by atoms with Gasteiger partial charge in [0, 0.05) is 52.0 Å². The summed E-state index contributed by atoms with van der Waals surface area (Å²) < 4.78 is 37.5.